The van der Waals surface area contributed by atoms with Gasteiger partial charge in [-0.15, -0.1) is 0 Å². The fraction of sp³-hybridized carbons (Fsp3) is 1.00. The lowest BCUT2D eigenvalue weighted by molar-refractivity contribution is 0.212. The molecular formula is C12H28N2. The highest BCUT2D eigenvalue weighted by atomic mass is 15.1. The van der Waals surface area contributed by atoms with Crippen molar-refractivity contribution in [1.29, 1.82) is 0 Å². The molecule has 0 radical (unpaired) electrons. The van der Waals surface area contributed by atoms with Crippen LogP contribution in [0.5, 0.6) is 0 Å². The van der Waals surface area contributed by atoms with Crippen LogP contribution < -0.4 is 5.32 Å². The molecule has 1 N–H and O–H groups in total. The largest absolute Gasteiger partial charge is 0.317 e. The molecule has 0 aliphatic rings. The minimum atomic E-state index is 0.742. The quantitative estimate of drug-likeness (QED) is 0.575. The summed E-state index contributed by atoms with van der Waals surface area (Å²) in [6.07, 6.45) is 3.78. The van der Waals surface area contributed by atoms with Gasteiger partial charge in [0.25, 0.3) is 0 Å². The van der Waals surface area contributed by atoms with E-state index in [4.69, 9.17) is 0 Å². The molecule has 0 spiro atoms. The Bertz CT molecular complexity index is 115. The molecule has 0 saturated carbocycles. The van der Waals surface area contributed by atoms with Gasteiger partial charge in [-0.1, -0.05) is 20.8 Å². The summed E-state index contributed by atoms with van der Waals surface area (Å²) in [4.78, 5) is 2.56. The van der Waals surface area contributed by atoms with Gasteiger partial charge in [-0.3, -0.25) is 0 Å². The summed E-state index contributed by atoms with van der Waals surface area (Å²) >= 11 is 0. The molecule has 2 heteroatoms. The van der Waals surface area contributed by atoms with E-state index in [1.54, 1.807) is 0 Å². The van der Waals surface area contributed by atoms with Gasteiger partial charge in [-0.05, 0) is 52.4 Å². The van der Waals surface area contributed by atoms with Crippen LogP contribution in [0.1, 0.15) is 47.0 Å². The van der Waals surface area contributed by atoms with E-state index in [0.717, 1.165) is 12.6 Å². The minimum Gasteiger partial charge on any atom is -0.317 e. The normalized spacial score (nSPS) is 13.5. The average molecular weight is 200 g/mol. The first kappa shape index (κ1) is 13.9. The van der Waals surface area contributed by atoms with Gasteiger partial charge >= 0.3 is 0 Å². The zero-order valence-electron chi connectivity index (χ0n) is 10.5. The van der Waals surface area contributed by atoms with Crippen molar-refractivity contribution in [2.75, 3.05) is 26.2 Å². The Balaban J connectivity index is 3.42. The van der Waals surface area contributed by atoms with E-state index >= 15 is 0 Å². The fourth-order valence-electron chi connectivity index (χ4n) is 1.66. The van der Waals surface area contributed by atoms with Crippen molar-refractivity contribution in [3.63, 3.8) is 0 Å². The minimum absolute atomic E-state index is 0.742. The van der Waals surface area contributed by atoms with Crippen molar-refractivity contribution in [2.45, 2.75) is 53.0 Å². The second kappa shape index (κ2) is 9.47. The predicted octanol–water partition coefficient (Wildman–Crippen LogP) is 2.50. The first-order chi connectivity index (χ1) is 6.76. The standard InChI is InChI=1S/C12H28N2/c1-5-9-13-10-8-11-14(7-3)12(4)6-2/h12-13H,5-11H2,1-4H3. The van der Waals surface area contributed by atoms with Gasteiger partial charge in [0.15, 0.2) is 0 Å². The summed E-state index contributed by atoms with van der Waals surface area (Å²) in [6.45, 7) is 13.8. The Hall–Kier alpha value is -0.0800. The topological polar surface area (TPSA) is 15.3 Å². The highest BCUT2D eigenvalue weighted by Gasteiger charge is 2.08. The third-order valence-electron chi connectivity index (χ3n) is 2.85. The number of rotatable bonds is 9. The Labute approximate surface area is 90.1 Å². The van der Waals surface area contributed by atoms with Crippen LogP contribution in [0.25, 0.3) is 0 Å². The molecule has 0 aliphatic carbocycles. The van der Waals surface area contributed by atoms with E-state index in [1.807, 2.05) is 0 Å². The van der Waals surface area contributed by atoms with Gasteiger partial charge in [0.2, 0.25) is 0 Å². The second-order valence-electron chi connectivity index (χ2n) is 3.99. The van der Waals surface area contributed by atoms with Crippen LogP contribution in [-0.2, 0) is 0 Å². The van der Waals surface area contributed by atoms with Crippen molar-refractivity contribution in [3.05, 3.63) is 0 Å². The molecule has 14 heavy (non-hydrogen) atoms. The first-order valence-electron chi connectivity index (χ1n) is 6.20. The molecule has 0 rings (SSSR count). The molecule has 0 aromatic rings. The van der Waals surface area contributed by atoms with Gasteiger partial charge in [-0.2, -0.15) is 0 Å². The lowest BCUT2D eigenvalue weighted by Gasteiger charge is -2.26. The van der Waals surface area contributed by atoms with Crippen molar-refractivity contribution < 1.29 is 0 Å². The lowest BCUT2D eigenvalue weighted by atomic mass is 10.2. The summed E-state index contributed by atoms with van der Waals surface area (Å²) in [5.74, 6) is 0. The monoisotopic (exact) mass is 200 g/mol. The molecule has 0 saturated heterocycles. The van der Waals surface area contributed by atoms with E-state index in [2.05, 4.69) is 37.9 Å². The van der Waals surface area contributed by atoms with Crippen LogP contribution in [0.15, 0.2) is 0 Å². The van der Waals surface area contributed by atoms with Crippen LogP contribution >= 0.6 is 0 Å². The van der Waals surface area contributed by atoms with Crippen LogP contribution in [0.2, 0.25) is 0 Å². The van der Waals surface area contributed by atoms with Crippen molar-refractivity contribution in [2.24, 2.45) is 0 Å². The smallest absolute Gasteiger partial charge is 0.00641 e. The van der Waals surface area contributed by atoms with Gasteiger partial charge in [0.05, 0.1) is 0 Å². The lowest BCUT2D eigenvalue weighted by Crippen LogP contribution is -2.34. The highest BCUT2D eigenvalue weighted by Crippen LogP contribution is 2.03. The molecule has 0 aromatic heterocycles. The van der Waals surface area contributed by atoms with Crippen molar-refractivity contribution in [1.82, 2.24) is 10.2 Å². The summed E-state index contributed by atoms with van der Waals surface area (Å²) < 4.78 is 0. The van der Waals surface area contributed by atoms with E-state index < -0.39 is 0 Å². The molecule has 0 aromatic carbocycles. The molecular weight excluding hydrogens is 172 g/mol. The third kappa shape index (κ3) is 6.39. The van der Waals surface area contributed by atoms with Crippen LogP contribution in [0.3, 0.4) is 0 Å². The number of nitrogens with one attached hydrogen (secondary N) is 1. The van der Waals surface area contributed by atoms with E-state index in [1.165, 1.54) is 38.9 Å². The molecule has 0 heterocycles. The van der Waals surface area contributed by atoms with Crippen molar-refractivity contribution >= 4 is 0 Å². The molecule has 0 fully saturated rings. The number of hydrogen-bond donors (Lipinski definition) is 1. The summed E-state index contributed by atoms with van der Waals surface area (Å²) in [5.41, 5.74) is 0. The fourth-order valence-corrected chi connectivity index (χ4v) is 1.66. The van der Waals surface area contributed by atoms with E-state index in [9.17, 15) is 0 Å². The second-order valence-corrected chi connectivity index (χ2v) is 3.99. The van der Waals surface area contributed by atoms with Gasteiger partial charge in [-0.25, -0.2) is 0 Å². The highest BCUT2D eigenvalue weighted by molar-refractivity contribution is 4.64. The molecule has 1 atom stereocenters. The molecule has 0 amide bonds. The summed E-state index contributed by atoms with van der Waals surface area (Å²) in [5, 5.41) is 3.44. The van der Waals surface area contributed by atoms with Crippen molar-refractivity contribution in [3.8, 4) is 0 Å². The molecule has 2 nitrogen and oxygen atoms in total. The maximum atomic E-state index is 3.44. The van der Waals surface area contributed by atoms with Gasteiger partial charge < -0.3 is 10.2 Å². The molecule has 0 aliphatic heterocycles. The molecule has 1 unspecified atom stereocenters. The van der Waals surface area contributed by atoms with Crippen LogP contribution in [0.4, 0.5) is 0 Å². The van der Waals surface area contributed by atoms with Crippen LogP contribution in [-0.4, -0.2) is 37.1 Å². The Morgan fingerprint density at radius 1 is 1.14 bits per heavy atom. The first-order valence-corrected chi connectivity index (χ1v) is 6.20. The Morgan fingerprint density at radius 2 is 1.86 bits per heavy atom. The van der Waals surface area contributed by atoms with Gasteiger partial charge in [0.1, 0.15) is 0 Å². The Morgan fingerprint density at radius 3 is 2.36 bits per heavy atom. The Kier molecular flexibility index (Phi) is 9.42. The predicted molar refractivity (Wildman–Crippen MR) is 64.8 cm³/mol. The maximum Gasteiger partial charge on any atom is 0.00641 e. The summed E-state index contributed by atoms with van der Waals surface area (Å²) in [7, 11) is 0. The van der Waals surface area contributed by atoms with E-state index in [0.29, 0.717) is 0 Å². The zero-order valence-corrected chi connectivity index (χ0v) is 10.5. The average Bonchev–Trinajstić information content (AvgIpc) is 2.22. The number of hydrogen-bond acceptors (Lipinski definition) is 2. The van der Waals surface area contributed by atoms with Gasteiger partial charge in [0, 0.05) is 6.04 Å². The third-order valence-corrected chi connectivity index (χ3v) is 2.85. The summed E-state index contributed by atoms with van der Waals surface area (Å²) in [6, 6.07) is 0.742. The number of nitrogens with zero attached hydrogens (tertiary/aromatic N) is 1. The van der Waals surface area contributed by atoms with Crippen LogP contribution in [0, 0.1) is 0 Å². The maximum absolute atomic E-state index is 3.44. The SMILES string of the molecule is CCCNCCCN(CC)C(C)CC. The zero-order chi connectivity index (χ0) is 10.8. The molecule has 0 bridgehead atoms. The van der Waals surface area contributed by atoms with E-state index in [-0.39, 0.29) is 0 Å². The molecule has 86 valence electrons.